The minimum atomic E-state index is -0.0500. The number of para-hydroxylation sites is 2. The van der Waals surface area contributed by atoms with Crippen molar-refractivity contribution in [2.75, 3.05) is 44.3 Å². The van der Waals surface area contributed by atoms with Gasteiger partial charge in [0.25, 0.3) is 5.91 Å². The first-order valence-electron chi connectivity index (χ1n) is 9.57. The number of Topliss-reactive ketones (excluding diaryl/α,β-unsaturated/α-hetero) is 1. The van der Waals surface area contributed by atoms with E-state index >= 15 is 0 Å². The summed E-state index contributed by atoms with van der Waals surface area (Å²) in [5.41, 5.74) is 1.64. The molecule has 1 aliphatic rings. The Morgan fingerprint density at radius 1 is 0.964 bits per heavy atom. The molecule has 0 aliphatic carbocycles. The summed E-state index contributed by atoms with van der Waals surface area (Å²) in [5, 5.41) is 0. The van der Waals surface area contributed by atoms with E-state index in [9.17, 15) is 9.59 Å². The Kier molecular flexibility index (Phi) is 6.53. The minimum Gasteiger partial charge on any atom is -0.492 e. The molecule has 1 aliphatic heterocycles. The third-order valence-electron chi connectivity index (χ3n) is 4.74. The fraction of sp³-hybridized carbons (Fsp3) is 0.364. The number of amides is 1. The topological polar surface area (TPSA) is 59.1 Å². The summed E-state index contributed by atoms with van der Waals surface area (Å²) >= 11 is 0. The van der Waals surface area contributed by atoms with Gasteiger partial charge in [0.1, 0.15) is 11.5 Å². The fourth-order valence-electron chi connectivity index (χ4n) is 3.23. The maximum Gasteiger partial charge on any atom is 0.260 e. The number of benzene rings is 2. The third-order valence-corrected chi connectivity index (χ3v) is 4.74. The number of piperazine rings is 1. The zero-order valence-electron chi connectivity index (χ0n) is 16.4. The van der Waals surface area contributed by atoms with E-state index in [1.54, 1.807) is 24.3 Å². The SMILES string of the molecule is CCOc1ccccc1N1CCN(C(=O)COc2cccc(C(C)=O)c2)CC1. The fourth-order valence-corrected chi connectivity index (χ4v) is 3.23. The maximum absolute atomic E-state index is 12.5. The van der Waals surface area contributed by atoms with Crippen LogP contribution in [0.3, 0.4) is 0 Å². The van der Waals surface area contributed by atoms with E-state index in [0.717, 1.165) is 24.5 Å². The first kappa shape index (κ1) is 19.7. The lowest BCUT2D eigenvalue weighted by Crippen LogP contribution is -2.50. The average Bonchev–Trinajstić information content (AvgIpc) is 2.73. The van der Waals surface area contributed by atoms with Crippen LogP contribution in [0, 0.1) is 0 Å². The zero-order chi connectivity index (χ0) is 19.9. The molecule has 0 radical (unpaired) electrons. The Hall–Kier alpha value is -3.02. The summed E-state index contributed by atoms with van der Waals surface area (Å²) in [5.74, 6) is 1.33. The van der Waals surface area contributed by atoms with E-state index in [1.165, 1.54) is 6.92 Å². The predicted octanol–water partition coefficient (Wildman–Crippen LogP) is 3.02. The largest absolute Gasteiger partial charge is 0.492 e. The lowest BCUT2D eigenvalue weighted by atomic mass is 10.1. The highest BCUT2D eigenvalue weighted by Crippen LogP contribution is 2.28. The van der Waals surface area contributed by atoms with Crippen LogP contribution in [-0.2, 0) is 4.79 Å². The standard InChI is InChI=1S/C22H26N2O4/c1-3-27-21-10-5-4-9-20(21)23-11-13-24(14-12-23)22(26)16-28-19-8-6-7-18(15-19)17(2)25/h4-10,15H,3,11-14,16H2,1-2H3. The molecule has 6 nitrogen and oxygen atoms in total. The summed E-state index contributed by atoms with van der Waals surface area (Å²) in [4.78, 5) is 28.0. The van der Waals surface area contributed by atoms with Gasteiger partial charge in [-0.2, -0.15) is 0 Å². The molecule has 148 valence electrons. The quantitative estimate of drug-likeness (QED) is 0.689. The van der Waals surface area contributed by atoms with Gasteiger partial charge in [0.15, 0.2) is 12.4 Å². The highest BCUT2D eigenvalue weighted by Gasteiger charge is 2.23. The number of carbonyl (C=O) groups is 2. The van der Waals surface area contributed by atoms with Gasteiger partial charge in [-0.25, -0.2) is 0 Å². The van der Waals surface area contributed by atoms with Crippen molar-refractivity contribution >= 4 is 17.4 Å². The molecule has 2 aromatic rings. The van der Waals surface area contributed by atoms with Crippen molar-refractivity contribution in [2.24, 2.45) is 0 Å². The molecule has 0 atom stereocenters. The van der Waals surface area contributed by atoms with Crippen molar-refractivity contribution in [3.05, 3.63) is 54.1 Å². The Morgan fingerprint density at radius 3 is 2.43 bits per heavy atom. The number of rotatable bonds is 7. The van der Waals surface area contributed by atoms with Crippen LogP contribution in [0.2, 0.25) is 0 Å². The van der Waals surface area contributed by atoms with Crippen LogP contribution in [-0.4, -0.2) is 56.0 Å². The lowest BCUT2D eigenvalue weighted by molar-refractivity contribution is -0.133. The minimum absolute atomic E-state index is 0.0276. The number of hydrogen-bond donors (Lipinski definition) is 0. The zero-order valence-corrected chi connectivity index (χ0v) is 16.4. The van der Waals surface area contributed by atoms with Crippen molar-refractivity contribution in [3.63, 3.8) is 0 Å². The van der Waals surface area contributed by atoms with Gasteiger partial charge in [-0.3, -0.25) is 9.59 Å². The second kappa shape index (κ2) is 9.26. The number of hydrogen-bond acceptors (Lipinski definition) is 5. The summed E-state index contributed by atoms with van der Waals surface area (Å²) in [6, 6.07) is 14.9. The van der Waals surface area contributed by atoms with Crippen molar-refractivity contribution < 1.29 is 19.1 Å². The Labute approximate surface area is 165 Å². The molecular formula is C22H26N2O4. The molecule has 0 saturated carbocycles. The van der Waals surface area contributed by atoms with Gasteiger partial charge in [0.2, 0.25) is 0 Å². The number of carbonyl (C=O) groups excluding carboxylic acids is 2. The monoisotopic (exact) mass is 382 g/mol. The number of ketones is 1. The highest BCUT2D eigenvalue weighted by atomic mass is 16.5. The van der Waals surface area contributed by atoms with Crippen LogP contribution in [0.1, 0.15) is 24.2 Å². The molecular weight excluding hydrogens is 356 g/mol. The number of anilines is 1. The molecule has 1 heterocycles. The summed E-state index contributed by atoms with van der Waals surface area (Å²) in [6.45, 7) is 6.83. The van der Waals surface area contributed by atoms with Gasteiger partial charge >= 0.3 is 0 Å². The average molecular weight is 382 g/mol. The number of ether oxygens (including phenoxy) is 2. The Balaban J connectivity index is 1.53. The first-order valence-corrected chi connectivity index (χ1v) is 9.57. The third kappa shape index (κ3) is 4.82. The highest BCUT2D eigenvalue weighted by molar-refractivity contribution is 5.94. The Morgan fingerprint density at radius 2 is 1.71 bits per heavy atom. The van der Waals surface area contributed by atoms with Crippen molar-refractivity contribution in [1.82, 2.24) is 4.90 Å². The molecule has 3 rings (SSSR count). The Bertz CT molecular complexity index is 829. The van der Waals surface area contributed by atoms with Gasteiger partial charge < -0.3 is 19.3 Å². The maximum atomic E-state index is 12.5. The van der Waals surface area contributed by atoms with E-state index in [2.05, 4.69) is 4.90 Å². The van der Waals surface area contributed by atoms with Crippen LogP contribution < -0.4 is 14.4 Å². The van der Waals surface area contributed by atoms with Gasteiger partial charge in [-0.05, 0) is 38.1 Å². The number of nitrogens with zero attached hydrogens (tertiary/aromatic N) is 2. The van der Waals surface area contributed by atoms with Crippen LogP contribution in [0.5, 0.6) is 11.5 Å². The predicted molar refractivity (Wildman–Crippen MR) is 108 cm³/mol. The van der Waals surface area contributed by atoms with Crippen LogP contribution >= 0.6 is 0 Å². The first-order chi connectivity index (χ1) is 13.6. The molecule has 0 aromatic heterocycles. The molecule has 0 spiro atoms. The molecule has 6 heteroatoms. The lowest BCUT2D eigenvalue weighted by Gasteiger charge is -2.36. The van der Waals surface area contributed by atoms with Crippen LogP contribution in [0.4, 0.5) is 5.69 Å². The smallest absolute Gasteiger partial charge is 0.260 e. The molecule has 1 saturated heterocycles. The van der Waals surface area contributed by atoms with Gasteiger partial charge in [0.05, 0.1) is 12.3 Å². The van der Waals surface area contributed by atoms with E-state index < -0.39 is 0 Å². The normalized spacial score (nSPS) is 13.9. The summed E-state index contributed by atoms with van der Waals surface area (Å²) in [7, 11) is 0. The van der Waals surface area contributed by atoms with E-state index in [-0.39, 0.29) is 18.3 Å². The molecule has 2 aromatic carbocycles. The molecule has 0 bridgehead atoms. The van der Waals surface area contributed by atoms with E-state index in [0.29, 0.717) is 31.0 Å². The van der Waals surface area contributed by atoms with E-state index in [1.807, 2.05) is 36.1 Å². The molecule has 1 amide bonds. The van der Waals surface area contributed by atoms with Crippen LogP contribution in [0.25, 0.3) is 0 Å². The van der Waals surface area contributed by atoms with E-state index in [4.69, 9.17) is 9.47 Å². The van der Waals surface area contributed by atoms with Crippen molar-refractivity contribution in [3.8, 4) is 11.5 Å². The van der Waals surface area contributed by atoms with Gasteiger partial charge in [-0.1, -0.05) is 24.3 Å². The van der Waals surface area contributed by atoms with Crippen molar-refractivity contribution in [1.29, 1.82) is 0 Å². The summed E-state index contributed by atoms with van der Waals surface area (Å²) < 4.78 is 11.3. The second-order valence-corrected chi connectivity index (χ2v) is 6.64. The van der Waals surface area contributed by atoms with Gasteiger partial charge in [0, 0.05) is 31.7 Å². The molecule has 0 N–H and O–H groups in total. The second-order valence-electron chi connectivity index (χ2n) is 6.64. The van der Waals surface area contributed by atoms with Crippen LogP contribution in [0.15, 0.2) is 48.5 Å². The molecule has 1 fully saturated rings. The van der Waals surface area contributed by atoms with Crippen molar-refractivity contribution in [2.45, 2.75) is 13.8 Å². The summed E-state index contributed by atoms with van der Waals surface area (Å²) in [6.07, 6.45) is 0. The van der Waals surface area contributed by atoms with Gasteiger partial charge in [-0.15, -0.1) is 0 Å². The molecule has 0 unspecified atom stereocenters. The molecule has 28 heavy (non-hydrogen) atoms.